The second-order valence-electron chi connectivity index (χ2n) is 25.5. The number of hydrogen-bond acceptors (Lipinski definition) is 4. The molecule has 10 aromatic rings. The largest absolute Gasteiger partial charge is 0.311 e. The molecule has 0 bridgehead atoms. The summed E-state index contributed by atoms with van der Waals surface area (Å²) in [7, 11) is 0. The van der Waals surface area contributed by atoms with Gasteiger partial charge in [-0.05, 0) is 144 Å². The van der Waals surface area contributed by atoms with Gasteiger partial charge >= 0.3 is 0 Å². The van der Waals surface area contributed by atoms with Gasteiger partial charge in [0.15, 0.2) is 0 Å². The Labute approximate surface area is 462 Å². The van der Waals surface area contributed by atoms with Gasteiger partial charge in [0, 0.05) is 65.9 Å². The number of nitrogens with zero attached hydrogens (tertiary/aromatic N) is 3. The van der Waals surface area contributed by atoms with E-state index in [-0.39, 0.29) is 28.4 Å². The number of anilines is 9. The van der Waals surface area contributed by atoms with Crippen LogP contribution in [0.25, 0.3) is 32.3 Å². The molecular formula is C72H70BN3S. The first kappa shape index (κ1) is 50.2. The Morgan fingerprint density at radius 1 is 0.377 bits per heavy atom. The highest BCUT2D eigenvalue weighted by Crippen LogP contribution is 2.51. The average molecular weight is 1020 g/mol. The molecule has 77 heavy (non-hydrogen) atoms. The fraction of sp³-hybridized carbons (Fsp3) is 0.222. The quantitative estimate of drug-likeness (QED) is 0.147. The van der Waals surface area contributed by atoms with E-state index in [2.05, 4.69) is 304 Å². The highest BCUT2D eigenvalue weighted by Gasteiger charge is 2.46. The van der Waals surface area contributed by atoms with E-state index in [0.29, 0.717) is 0 Å². The summed E-state index contributed by atoms with van der Waals surface area (Å²) in [5.74, 6) is 0. The van der Waals surface area contributed by atoms with Gasteiger partial charge in [-0.25, -0.2) is 0 Å². The molecule has 0 N–H and O–H groups in total. The van der Waals surface area contributed by atoms with Crippen molar-refractivity contribution < 1.29 is 0 Å². The molecule has 12 rings (SSSR count). The van der Waals surface area contributed by atoms with Crippen LogP contribution in [-0.4, -0.2) is 6.71 Å². The monoisotopic (exact) mass is 1020 g/mol. The Balaban J connectivity index is 1.13. The third-order valence-corrected chi connectivity index (χ3v) is 17.4. The smallest absolute Gasteiger partial charge is 0.264 e. The molecule has 0 amide bonds. The molecule has 2 aliphatic heterocycles. The highest BCUT2D eigenvalue weighted by molar-refractivity contribution is 7.34. The number of hydrogen-bond donors (Lipinski definition) is 0. The molecule has 9 aromatic carbocycles. The van der Waals surface area contributed by atoms with Crippen LogP contribution in [0.4, 0.5) is 51.2 Å². The first-order valence-corrected chi connectivity index (χ1v) is 28.4. The highest BCUT2D eigenvalue weighted by atomic mass is 32.1. The zero-order valence-corrected chi connectivity index (χ0v) is 47.8. The molecule has 2 aliphatic rings. The molecule has 0 saturated carbocycles. The molecule has 0 atom stereocenters. The minimum atomic E-state index is -0.0457. The van der Waals surface area contributed by atoms with E-state index in [0.717, 1.165) is 28.4 Å². The van der Waals surface area contributed by atoms with E-state index < -0.39 is 0 Å². The van der Waals surface area contributed by atoms with Crippen LogP contribution >= 0.6 is 11.3 Å². The Morgan fingerprint density at radius 3 is 1.35 bits per heavy atom. The van der Waals surface area contributed by atoms with Gasteiger partial charge in [0.25, 0.3) is 6.71 Å². The third kappa shape index (κ3) is 8.87. The number of rotatable bonds is 7. The van der Waals surface area contributed by atoms with Crippen LogP contribution in [0.5, 0.6) is 0 Å². The minimum absolute atomic E-state index is 0.00910. The third-order valence-electron chi connectivity index (χ3n) is 16.1. The van der Waals surface area contributed by atoms with Crippen molar-refractivity contribution in [3.63, 3.8) is 0 Å². The second-order valence-corrected chi connectivity index (χ2v) is 26.5. The predicted octanol–water partition coefficient (Wildman–Crippen LogP) is 19.0. The molecule has 0 unspecified atom stereocenters. The number of benzene rings is 9. The normalized spacial score (nSPS) is 13.4. The van der Waals surface area contributed by atoms with E-state index in [1.807, 2.05) is 11.3 Å². The van der Waals surface area contributed by atoms with Crippen LogP contribution in [0.3, 0.4) is 0 Å². The van der Waals surface area contributed by atoms with Crippen molar-refractivity contribution in [2.24, 2.45) is 0 Å². The van der Waals surface area contributed by atoms with Gasteiger partial charge in [-0.2, -0.15) is 0 Å². The molecule has 0 saturated heterocycles. The zero-order valence-electron chi connectivity index (χ0n) is 47.0. The van der Waals surface area contributed by atoms with Gasteiger partial charge in [0.05, 0.1) is 5.69 Å². The average Bonchev–Trinajstić information content (AvgIpc) is 3.81. The minimum Gasteiger partial charge on any atom is -0.311 e. The van der Waals surface area contributed by atoms with E-state index in [1.165, 1.54) is 93.0 Å². The number of thiophene rings is 1. The fourth-order valence-electron chi connectivity index (χ4n) is 11.8. The standard InChI is InChI=1S/C72H70BN3S/c1-69(2,3)48-28-36-52(37-29-48)74(53-38-30-49(31-39-53)70(4,5)6)56-44-45-61-64(46-56)75(54-40-32-50(33-41-54)71(7,8)9)62-26-19-27-63-65(62)73(61)68-66(76(63)55-42-34-51(35-43-55)72(10,11)12)60-25-18-24-59(67(60)77-68)58-23-17-16-22-57(58)47-20-14-13-15-21-47/h13-46H,1-12H3. The van der Waals surface area contributed by atoms with Crippen molar-refractivity contribution in [1.29, 1.82) is 0 Å². The SMILES string of the molecule is CC(C)(C)c1ccc(N(c2ccc(C(C)(C)C)cc2)c2ccc3c(c2)N(c2ccc(C(C)(C)C)cc2)c2cccc4c2B3c2sc3c(-c5ccccc5-c5ccccc5)cccc3c2N4c2ccc(C(C)(C)C)cc2)cc1. The molecule has 3 heterocycles. The van der Waals surface area contributed by atoms with Crippen molar-refractivity contribution in [2.75, 3.05) is 14.7 Å². The summed E-state index contributed by atoms with van der Waals surface area (Å²) in [5.41, 5.74) is 23.4. The predicted molar refractivity (Wildman–Crippen MR) is 336 cm³/mol. The topological polar surface area (TPSA) is 9.72 Å². The van der Waals surface area contributed by atoms with Crippen molar-refractivity contribution >= 4 is 95.0 Å². The molecule has 0 fully saturated rings. The summed E-state index contributed by atoms with van der Waals surface area (Å²) >= 11 is 1.98. The lowest BCUT2D eigenvalue weighted by Crippen LogP contribution is -2.60. The fourth-order valence-corrected chi connectivity index (χ4v) is 13.2. The van der Waals surface area contributed by atoms with Crippen molar-refractivity contribution in [2.45, 2.75) is 105 Å². The van der Waals surface area contributed by atoms with Crippen molar-refractivity contribution in [3.05, 3.63) is 229 Å². The van der Waals surface area contributed by atoms with Crippen molar-refractivity contribution in [1.82, 2.24) is 0 Å². The van der Waals surface area contributed by atoms with Crippen LogP contribution in [0.15, 0.2) is 206 Å². The maximum atomic E-state index is 2.59. The lowest BCUT2D eigenvalue weighted by molar-refractivity contribution is 0.590. The molecule has 1 aromatic heterocycles. The van der Waals surface area contributed by atoms with E-state index in [1.54, 1.807) is 0 Å². The summed E-state index contributed by atoms with van der Waals surface area (Å²) in [6.07, 6.45) is 0. The summed E-state index contributed by atoms with van der Waals surface area (Å²) in [6, 6.07) is 78.4. The Hall–Kier alpha value is -7.60. The van der Waals surface area contributed by atoms with E-state index in [9.17, 15) is 0 Å². The summed E-state index contributed by atoms with van der Waals surface area (Å²) < 4.78 is 2.65. The lowest BCUT2D eigenvalue weighted by Gasteiger charge is -2.43. The Kier molecular flexibility index (Phi) is 12.1. The maximum absolute atomic E-state index is 2.59. The first-order chi connectivity index (χ1) is 36.7. The van der Waals surface area contributed by atoms with Gasteiger partial charge in [-0.1, -0.05) is 217 Å². The van der Waals surface area contributed by atoms with Gasteiger partial charge in [-0.3, -0.25) is 0 Å². The van der Waals surface area contributed by atoms with Gasteiger partial charge in [0.2, 0.25) is 0 Å². The molecule has 0 radical (unpaired) electrons. The van der Waals surface area contributed by atoms with Crippen LogP contribution in [0.1, 0.15) is 105 Å². The number of fused-ring (bicyclic) bond motifs is 6. The molecule has 0 aliphatic carbocycles. The van der Waals surface area contributed by atoms with Crippen LogP contribution in [0.2, 0.25) is 0 Å². The van der Waals surface area contributed by atoms with Crippen LogP contribution in [-0.2, 0) is 21.7 Å². The lowest BCUT2D eigenvalue weighted by atomic mass is 9.36. The zero-order chi connectivity index (χ0) is 53.8. The Morgan fingerprint density at radius 2 is 0.818 bits per heavy atom. The second kappa shape index (κ2) is 18.6. The van der Waals surface area contributed by atoms with E-state index >= 15 is 0 Å². The van der Waals surface area contributed by atoms with Gasteiger partial charge in [-0.15, -0.1) is 11.3 Å². The van der Waals surface area contributed by atoms with Crippen molar-refractivity contribution in [3.8, 4) is 22.3 Å². The van der Waals surface area contributed by atoms with E-state index in [4.69, 9.17) is 0 Å². The molecule has 3 nitrogen and oxygen atoms in total. The van der Waals surface area contributed by atoms with Crippen LogP contribution in [0, 0.1) is 0 Å². The van der Waals surface area contributed by atoms with Crippen LogP contribution < -0.4 is 30.4 Å². The molecule has 5 heteroatoms. The first-order valence-electron chi connectivity index (χ1n) is 27.5. The summed E-state index contributed by atoms with van der Waals surface area (Å²) in [4.78, 5) is 7.61. The molecule has 0 spiro atoms. The Bertz CT molecular complexity index is 3770. The molecule has 382 valence electrons. The maximum Gasteiger partial charge on any atom is 0.264 e. The summed E-state index contributed by atoms with van der Waals surface area (Å²) in [5, 5.41) is 1.27. The van der Waals surface area contributed by atoms with Gasteiger partial charge < -0.3 is 14.7 Å². The van der Waals surface area contributed by atoms with Gasteiger partial charge in [0.1, 0.15) is 0 Å². The summed E-state index contributed by atoms with van der Waals surface area (Å²) in [6.45, 7) is 27.5. The molecular weight excluding hydrogens is 950 g/mol.